The maximum absolute atomic E-state index is 12.2. The van der Waals surface area contributed by atoms with Crippen LogP contribution in [0.1, 0.15) is 16.7 Å². The van der Waals surface area contributed by atoms with E-state index in [1.165, 1.54) is 0 Å². The van der Waals surface area contributed by atoms with Crippen molar-refractivity contribution in [2.75, 3.05) is 0 Å². The second-order valence-corrected chi connectivity index (χ2v) is 3.54. The van der Waals surface area contributed by atoms with Crippen molar-refractivity contribution in [1.82, 2.24) is 0 Å². The van der Waals surface area contributed by atoms with Gasteiger partial charge in [-0.15, -0.1) is 12.1 Å². The Morgan fingerprint density at radius 3 is 1.13 bits per heavy atom. The molecule has 14 heteroatoms. The quantitative estimate of drug-likeness (QED) is 0.322. The van der Waals surface area contributed by atoms with Gasteiger partial charge in [-0.1, -0.05) is 16.7 Å². The third kappa shape index (κ3) is 9.91. The SMILES string of the molecule is FC(F)(F)c1[c-]c(C(F)(F)F)cc(C(F)(F)F)c1.OB(O)O.[K+]. The van der Waals surface area contributed by atoms with Gasteiger partial charge in [0, 0.05) is 0 Å². The molecule has 23 heavy (non-hydrogen) atoms. The van der Waals surface area contributed by atoms with Gasteiger partial charge in [0.1, 0.15) is 0 Å². The summed E-state index contributed by atoms with van der Waals surface area (Å²) in [6.07, 6.45) is -16.0. The Morgan fingerprint density at radius 1 is 0.696 bits per heavy atom. The molecule has 0 fully saturated rings. The van der Waals surface area contributed by atoms with E-state index in [0.717, 1.165) is 6.07 Å². The zero-order chi connectivity index (χ0) is 17.9. The Kier molecular flexibility index (Phi) is 9.98. The number of alkyl halides is 9. The Morgan fingerprint density at radius 2 is 0.957 bits per heavy atom. The Hall–Kier alpha value is 0.171. The summed E-state index contributed by atoms with van der Waals surface area (Å²) in [5.41, 5.74) is -6.27. The molecular formula is C9H5BF9KO3. The Labute approximate surface area is 165 Å². The maximum Gasteiger partial charge on any atom is 1.00 e. The summed E-state index contributed by atoms with van der Waals surface area (Å²) >= 11 is 0. The molecule has 0 radical (unpaired) electrons. The summed E-state index contributed by atoms with van der Waals surface area (Å²) in [7, 11) is -2.17. The van der Waals surface area contributed by atoms with Gasteiger partial charge in [0.2, 0.25) is 0 Å². The summed E-state index contributed by atoms with van der Waals surface area (Å²) in [5.74, 6) is 0. The summed E-state index contributed by atoms with van der Waals surface area (Å²) < 4.78 is 109. The summed E-state index contributed by atoms with van der Waals surface area (Å²) in [6, 6.07) is 0.0440. The molecule has 0 amide bonds. The number of halogens is 9. The summed E-state index contributed by atoms with van der Waals surface area (Å²) in [6.45, 7) is 0. The molecule has 0 unspecified atom stereocenters. The molecule has 0 aliphatic heterocycles. The van der Waals surface area contributed by atoms with Crippen LogP contribution in [0.2, 0.25) is 0 Å². The second kappa shape index (κ2) is 9.03. The molecule has 0 aliphatic rings. The standard InChI is InChI=1S/C9H2F9.BH3O3.K/c10-7(11,12)4-1-5(8(13,14)15)3-6(2-4)9(16,17)18;2-1(3)4;/h1-2H;2-4H;/q-1;;+1. The fourth-order valence-corrected chi connectivity index (χ4v) is 1.04. The molecule has 1 aromatic rings. The van der Waals surface area contributed by atoms with Crippen LogP contribution in [0.4, 0.5) is 39.5 Å². The van der Waals surface area contributed by atoms with Crippen LogP contribution in [0.5, 0.6) is 0 Å². The van der Waals surface area contributed by atoms with E-state index in [0.29, 0.717) is 0 Å². The van der Waals surface area contributed by atoms with E-state index < -0.39 is 54.7 Å². The first-order valence-corrected chi connectivity index (χ1v) is 4.88. The minimum atomic E-state index is -5.35. The molecule has 0 atom stereocenters. The van der Waals surface area contributed by atoms with Gasteiger partial charge in [0.15, 0.2) is 0 Å². The average molecular weight is 382 g/mol. The van der Waals surface area contributed by atoms with E-state index >= 15 is 0 Å². The van der Waals surface area contributed by atoms with Crippen LogP contribution in [-0.2, 0) is 18.5 Å². The molecule has 0 saturated heterocycles. The van der Waals surface area contributed by atoms with E-state index in [1.807, 2.05) is 0 Å². The zero-order valence-electron chi connectivity index (χ0n) is 11.0. The van der Waals surface area contributed by atoms with Crippen molar-refractivity contribution in [1.29, 1.82) is 0 Å². The normalized spacial score (nSPS) is 12.0. The van der Waals surface area contributed by atoms with Gasteiger partial charge in [0.05, 0.1) is 0 Å². The third-order valence-electron chi connectivity index (χ3n) is 1.81. The van der Waals surface area contributed by atoms with Crippen LogP contribution in [0.3, 0.4) is 0 Å². The first-order chi connectivity index (χ1) is 9.55. The van der Waals surface area contributed by atoms with Gasteiger partial charge in [-0.3, -0.25) is 0 Å². The van der Waals surface area contributed by atoms with Gasteiger partial charge in [0.25, 0.3) is 0 Å². The van der Waals surface area contributed by atoms with Crippen LogP contribution < -0.4 is 51.4 Å². The van der Waals surface area contributed by atoms with Crippen molar-refractivity contribution in [3.8, 4) is 0 Å². The molecule has 0 bridgehead atoms. The molecular weight excluding hydrogens is 377 g/mol. The molecule has 3 N–H and O–H groups in total. The molecule has 0 spiro atoms. The fraction of sp³-hybridized carbons (Fsp3) is 0.333. The predicted octanol–water partition coefficient (Wildman–Crippen LogP) is -0.505. The minimum absolute atomic E-state index is 0. The van der Waals surface area contributed by atoms with E-state index in [4.69, 9.17) is 15.1 Å². The van der Waals surface area contributed by atoms with Gasteiger partial charge in [-0.05, 0) is 0 Å². The number of benzene rings is 1. The second-order valence-electron chi connectivity index (χ2n) is 3.54. The summed E-state index contributed by atoms with van der Waals surface area (Å²) in [5, 5.41) is 21.5. The van der Waals surface area contributed by atoms with Crippen LogP contribution in [0, 0.1) is 6.07 Å². The average Bonchev–Trinajstić information content (AvgIpc) is 2.24. The van der Waals surface area contributed by atoms with Crippen molar-refractivity contribution in [2.24, 2.45) is 0 Å². The topological polar surface area (TPSA) is 60.7 Å². The van der Waals surface area contributed by atoms with Crippen molar-refractivity contribution < 1.29 is 106 Å². The van der Waals surface area contributed by atoms with E-state index in [9.17, 15) is 39.5 Å². The number of rotatable bonds is 0. The molecule has 0 aliphatic carbocycles. The fourth-order valence-electron chi connectivity index (χ4n) is 1.04. The van der Waals surface area contributed by atoms with Crippen LogP contribution in [0.25, 0.3) is 0 Å². The van der Waals surface area contributed by atoms with Crippen LogP contribution in [0.15, 0.2) is 12.1 Å². The summed E-state index contributed by atoms with van der Waals surface area (Å²) in [4.78, 5) is 0. The molecule has 1 aromatic carbocycles. The molecule has 126 valence electrons. The van der Waals surface area contributed by atoms with Crippen molar-refractivity contribution in [2.45, 2.75) is 18.5 Å². The first-order valence-electron chi connectivity index (χ1n) is 4.88. The maximum atomic E-state index is 12.2. The third-order valence-corrected chi connectivity index (χ3v) is 1.81. The molecule has 0 heterocycles. The van der Waals surface area contributed by atoms with Gasteiger partial charge in [-0.25, -0.2) is 0 Å². The van der Waals surface area contributed by atoms with Crippen molar-refractivity contribution in [3.05, 3.63) is 34.9 Å². The Bertz CT molecular complexity index is 417. The van der Waals surface area contributed by atoms with Gasteiger partial charge in [-0.2, -0.15) is 45.6 Å². The largest absolute Gasteiger partial charge is 1.00 e. The zero-order valence-corrected chi connectivity index (χ0v) is 14.1. The van der Waals surface area contributed by atoms with E-state index in [1.54, 1.807) is 0 Å². The van der Waals surface area contributed by atoms with Crippen LogP contribution >= 0.6 is 0 Å². The number of hydrogen-bond donors (Lipinski definition) is 3. The van der Waals surface area contributed by atoms with E-state index in [-0.39, 0.29) is 51.4 Å². The van der Waals surface area contributed by atoms with E-state index in [2.05, 4.69) is 0 Å². The van der Waals surface area contributed by atoms with Gasteiger partial charge >= 0.3 is 77.2 Å². The molecule has 1 rings (SSSR count). The smallest absolute Gasteiger partial charge is 0.402 e. The predicted molar refractivity (Wildman–Crippen MR) is 52.7 cm³/mol. The molecule has 0 saturated carbocycles. The number of hydrogen-bond acceptors (Lipinski definition) is 3. The van der Waals surface area contributed by atoms with Crippen molar-refractivity contribution in [3.63, 3.8) is 0 Å². The van der Waals surface area contributed by atoms with Crippen molar-refractivity contribution >= 4 is 7.32 Å². The monoisotopic (exact) mass is 382 g/mol. The molecule has 3 nitrogen and oxygen atoms in total. The van der Waals surface area contributed by atoms with Crippen LogP contribution in [-0.4, -0.2) is 22.4 Å². The molecule has 0 aromatic heterocycles. The first kappa shape index (κ1) is 25.4. The minimum Gasteiger partial charge on any atom is -0.402 e. The Balaban J connectivity index is 0. The van der Waals surface area contributed by atoms with Gasteiger partial charge < -0.3 is 15.1 Å².